The maximum atomic E-state index is 12.3. The lowest BCUT2D eigenvalue weighted by Gasteiger charge is -2.29. The second-order valence-electron chi connectivity index (χ2n) is 4.86. The van der Waals surface area contributed by atoms with Gasteiger partial charge in [-0.1, -0.05) is 35.9 Å². The molecule has 0 saturated carbocycles. The highest BCUT2D eigenvalue weighted by molar-refractivity contribution is 9.10. The number of hydrogen-bond acceptors (Lipinski definition) is 1. The molecule has 1 nitrogen and oxygen atoms in total. The van der Waals surface area contributed by atoms with Gasteiger partial charge in [-0.15, -0.1) is 0 Å². The van der Waals surface area contributed by atoms with Gasteiger partial charge < -0.3 is 0 Å². The molecule has 1 aliphatic carbocycles. The van der Waals surface area contributed by atoms with Crippen molar-refractivity contribution in [1.29, 1.82) is 0 Å². The normalized spacial score (nSPS) is 16.6. The van der Waals surface area contributed by atoms with Crippen molar-refractivity contribution in [2.45, 2.75) is 18.8 Å². The second-order valence-corrected chi connectivity index (χ2v) is 6.12. The molecule has 19 heavy (non-hydrogen) atoms. The number of carbonyl (C=O) groups excluding carboxylic acids is 1. The smallest absolute Gasteiger partial charge is 0.163 e. The third kappa shape index (κ3) is 2.47. The number of fused-ring (bicyclic) bond motifs is 1. The molecular formula is C16H12BrClO. The molecule has 0 saturated heterocycles. The summed E-state index contributed by atoms with van der Waals surface area (Å²) in [7, 11) is 0. The Bertz CT molecular complexity index is 651. The van der Waals surface area contributed by atoms with Crippen LogP contribution < -0.4 is 0 Å². The Morgan fingerprint density at radius 1 is 1.26 bits per heavy atom. The summed E-state index contributed by atoms with van der Waals surface area (Å²) in [5.74, 6) is 0.551. The van der Waals surface area contributed by atoms with Gasteiger partial charge in [0, 0.05) is 16.5 Å². The van der Waals surface area contributed by atoms with E-state index in [1.807, 2.05) is 12.1 Å². The summed E-state index contributed by atoms with van der Waals surface area (Å²) in [5.41, 5.74) is 3.42. The van der Waals surface area contributed by atoms with Gasteiger partial charge in [0.05, 0.1) is 5.02 Å². The predicted octanol–water partition coefficient (Wildman–Crippen LogP) is 5.02. The highest BCUT2D eigenvalue weighted by atomic mass is 79.9. The molecule has 1 aliphatic rings. The van der Waals surface area contributed by atoms with Gasteiger partial charge in [0.1, 0.15) is 0 Å². The molecule has 0 bridgehead atoms. The molecule has 2 aromatic carbocycles. The molecule has 0 aromatic heterocycles. The minimum absolute atomic E-state index is 0.178. The summed E-state index contributed by atoms with van der Waals surface area (Å²) in [6.07, 6.45) is 1.59. The summed E-state index contributed by atoms with van der Waals surface area (Å²) in [6, 6.07) is 13.7. The van der Waals surface area contributed by atoms with Crippen LogP contribution in [0.15, 0.2) is 46.9 Å². The van der Waals surface area contributed by atoms with Crippen LogP contribution >= 0.6 is 27.5 Å². The Kier molecular flexibility index (Phi) is 3.46. The lowest BCUT2D eigenvalue weighted by molar-refractivity contribution is 0.0970. The van der Waals surface area contributed by atoms with Crippen LogP contribution in [0.25, 0.3) is 0 Å². The average molecular weight is 336 g/mol. The van der Waals surface area contributed by atoms with Gasteiger partial charge in [-0.2, -0.15) is 0 Å². The lowest BCUT2D eigenvalue weighted by Crippen LogP contribution is -2.20. The molecule has 0 aliphatic heterocycles. The molecule has 1 atom stereocenters. The molecule has 3 rings (SSSR count). The highest BCUT2D eigenvalue weighted by Gasteiger charge is 2.27. The number of hydrogen-bond donors (Lipinski definition) is 0. The molecule has 2 aromatic rings. The number of Topliss-reactive ketones (excluding diaryl/α,β-unsaturated/α-hetero) is 1. The third-order valence-corrected chi connectivity index (χ3v) is 4.85. The van der Waals surface area contributed by atoms with Gasteiger partial charge >= 0.3 is 0 Å². The molecule has 96 valence electrons. The molecule has 0 fully saturated rings. The quantitative estimate of drug-likeness (QED) is 0.720. The van der Waals surface area contributed by atoms with Gasteiger partial charge in [-0.3, -0.25) is 4.79 Å². The van der Waals surface area contributed by atoms with Crippen molar-refractivity contribution < 1.29 is 4.79 Å². The van der Waals surface area contributed by atoms with Gasteiger partial charge in [0.25, 0.3) is 0 Å². The Morgan fingerprint density at radius 2 is 2.05 bits per heavy atom. The minimum atomic E-state index is 0.178. The van der Waals surface area contributed by atoms with Crippen LogP contribution in [0.1, 0.15) is 33.8 Å². The Balaban J connectivity index is 1.75. The molecule has 0 spiro atoms. The fourth-order valence-corrected chi connectivity index (χ4v) is 3.05. The van der Waals surface area contributed by atoms with Crippen LogP contribution in [0, 0.1) is 0 Å². The summed E-state index contributed by atoms with van der Waals surface area (Å²) < 4.78 is 0.772. The van der Waals surface area contributed by atoms with Crippen LogP contribution in [0.5, 0.6) is 0 Å². The van der Waals surface area contributed by atoms with E-state index in [-0.39, 0.29) is 5.78 Å². The van der Waals surface area contributed by atoms with E-state index in [0.717, 1.165) is 16.5 Å². The van der Waals surface area contributed by atoms with Crippen LogP contribution in [-0.2, 0) is 6.42 Å². The summed E-state index contributed by atoms with van der Waals surface area (Å²) in [6.45, 7) is 0. The number of halogens is 2. The lowest BCUT2D eigenvalue weighted by atomic mass is 9.74. The summed E-state index contributed by atoms with van der Waals surface area (Å²) in [5, 5.41) is 0.630. The monoisotopic (exact) mass is 334 g/mol. The Labute approximate surface area is 125 Å². The van der Waals surface area contributed by atoms with Crippen molar-refractivity contribution in [1.82, 2.24) is 0 Å². The van der Waals surface area contributed by atoms with E-state index in [9.17, 15) is 4.79 Å². The molecule has 0 radical (unpaired) electrons. The van der Waals surface area contributed by atoms with E-state index in [4.69, 9.17) is 11.6 Å². The zero-order valence-electron chi connectivity index (χ0n) is 10.2. The third-order valence-electron chi connectivity index (χ3n) is 3.63. The fourth-order valence-electron chi connectivity index (χ4n) is 2.56. The van der Waals surface area contributed by atoms with E-state index >= 15 is 0 Å². The van der Waals surface area contributed by atoms with Gasteiger partial charge in [0.2, 0.25) is 0 Å². The van der Waals surface area contributed by atoms with Crippen molar-refractivity contribution in [3.63, 3.8) is 0 Å². The van der Waals surface area contributed by atoms with E-state index in [0.29, 0.717) is 17.4 Å². The van der Waals surface area contributed by atoms with E-state index < -0.39 is 0 Å². The summed E-state index contributed by atoms with van der Waals surface area (Å²) >= 11 is 9.29. The van der Waals surface area contributed by atoms with Crippen LogP contribution in [0.4, 0.5) is 0 Å². The molecule has 0 heterocycles. The van der Waals surface area contributed by atoms with Crippen LogP contribution in [0.3, 0.4) is 0 Å². The SMILES string of the molecule is O=C(CC1Cc2ccccc21)c1ccc(Cl)c(Br)c1. The second kappa shape index (κ2) is 5.10. The van der Waals surface area contributed by atoms with Crippen molar-refractivity contribution >= 4 is 33.3 Å². The van der Waals surface area contributed by atoms with E-state index in [2.05, 4.69) is 28.1 Å². The number of benzene rings is 2. The molecule has 0 amide bonds. The molecule has 1 unspecified atom stereocenters. The molecule has 0 N–H and O–H groups in total. The maximum Gasteiger partial charge on any atom is 0.163 e. The Morgan fingerprint density at radius 3 is 2.79 bits per heavy atom. The van der Waals surface area contributed by atoms with Gasteiger partial charge in [-0.25, -0.2) is 0 Å². The Hall–Kier alpha value is -1.12. The van der Waals surface area contributed by atoms with Crippen LogP contribution in [-0.4, -0.2) is 5.78 Å². The van der Waals surface area contributed by atoms with Crippen molar-refractivity contribution in [2.24, 2.45) is 0 Å². The zero-order chi connectivity index (χ0) is 13.4. The van der Waals surface area contributed by atoms with Crippen molar-refractivity contribution in [3.8, 4) is 0 Å². The van der Waals surface area contributed by atoms with Gasteiger partial charge in [0.15, 0.2) is 5.78 Å². The van der Waals surface area contributed by atoms with Crippen molar-refractivity contribution in [2.75, 3.05) is 0 Å². The van der Waals surface area contributed by atoms with E-state index in [1.165, 1.54) is 11.1 Å². The highest BCUT2D eigenvalue weighted by Crippen LogP contribution is 2.38. The first-order valence-electron chi connectivity index (χ1n) is 6.21. The first kappa shape index (κ1) is 12.9. The molecular weight excluding hydrogens is 324 g/mol. The van der Waals surface area contributed by atoms with Crippen LogP contribution in [0.2, 0.25) is 5.02 Å². The number of ketones is 1. The average Bonchev–Trinajstić information content (AvgIpc) is 2.39. The first-order chi connectivity index (χ1) is 9.15. The minimum Gasteiger partial charge on any atom is -0.294 e. The molecule has 3 heteroatoms. The largest absolute Gasteiger partial charge is 0.294 e. The maximum absolute atomic E-state index is 12.3. The fraction of sp³-hybridized carbons (Fsp3) is 0.188. The number of carbonyl (C=O) groups is 1. The van der Waals surface area contributed by atoms with Crippen molar-refractivity contribution in [3.05, 3.63) is 68.7 Å². The standard InChI is InChI=1S/C16H12BrClO/c17-14-8-11(5-6-15(14)18)16(19)9-12-7-10-3-1-2-4-13(10)12/h1-6,8,12H,7,9H2. The number of rotatable bonds is 3. The summed E-state index contributed by atoms with van der Waals surface area (Å²) in [4.78, 5) is 12.3. The predicted molar refractivity (Wildman–Crippen MR) is 81.0 cm³/mol. The topological polar surface area (TPSA) is 17.1 Å². The van der Waals surface area contributed by atoms with E-state index in [1.54, 1.807) is 18.2 Å². The first-order valence-corrected chi connectivity index (χ1v) is 7.38. The zero-order valence-corrected chi connectivity index (χ0v) is 12.5. The van der Waals surface area contributed by atoms with Gasteiger partial charge in [-0.05, 0) is 57.6 Å².